The molecule has 2 aliphatic rings. The minimum Gasteiger partial charge on any atom is -0.494 e. The number of piperazine rings is 1. The van der Waals surface area contributed by atoms with Crippen molar-refractivity contribution in [3.63, 3.8) is 0 Å². The Bertz CT molecular complexity index is 1490. The molecule has 3 aromatic heterocycles. The van der Waals surface area contributed by atoms with Crippen molar-refractivity contribution in [1.82, 2.24) is 34.1 Å². The summed E-state index contributed by atoms with van der Waals surface area (Å²) in [6.07, 6.45) is 9.95. The van der Waals surface area contributed by atoms with Crippen LogP contribution in [0.15, 0.2) is 43.5 Å². The minimum absolute atomic E-state index is 0.0494. The van der Waals surface area contributed by atoms with Crippen molar-refractivity contribution >= 4 is 17.5 Å². The average Bonchev–Trinajstić information content (AvgIpc) is 3.64. The Morgan fingerprint density at radius 3 is 2.67 bits per heavy atom. The maximum Gasteiger partial charge on any atom is 0.320 e. The number of carbonyl (C=O) groups is 2. The van der Waals surface area contributed by atoms with Crippen LogP contribution in [0.1, 0.15) is 24.4 Å². The molecule has 0 unspecified atom stereocenters. The van der Waals surface area contributed by atoms with E-state index in [1.807, 2.05) is 28.0 Å². The van der Waals surface area contributed by atoms with Gasteiger partial charge in [-0.3, -0.25) is 9.48 Å². The van der Waals surface area contributed by atoms with Crippen LogP contribution in [0.25, 0.3) is 21.5 Å². The summed E-state index contributed by atoms with van der Waals surface area (Å²) in [6, 6.07) is 3.80. The molecule has 0 aromatic carbocycles. The van der Waals surface area contributed by atoms with Gasteiger partial charge in [0.15, 0.2) is 0 Å². The molecule has 2 saturated heterocycles. The Morgan fingerprint density at radius 2 is 1.97 bits per heavy atom. The first-order valence-corrected chi connectivity index (χ1v) is 12.8. The summed E-state index contributed by atoms with van der Waals surface area (Å²) < 4.78 is 9.11. The summed E-state index contributed by atoms with van der Waals surface area (Å²) in [6.45, 7) is 13.3. The Morgan fingerprint density at radius 1 is 1.18 bits per heavy atom. The normalized spacial score (nSPS) is 18.0. The highest BCUT2D eigenvalue weighted by Gasteiger charge is 2.36. The highest BCUT2D eigenvalue weighted by atomic mass is 16.5. The fraction of sp³-hybridized carbons (Fsp3) is 0.407. The van der Waals surface area contributed by atoms with Crippen molar-refractivity contribution in [2.75, 3.05) is 46.4 Å². The number of carbonyl (C=O) groups excluding carboxylic acids is 2. The van der Waals surface area contributed by atoms with Crippen LogP contribution < -0.4 is 4.74 Å². The third-order valence-corrected chi connectivity index (χ3v) is 7.47. The van der Waals surface area contributed by atoms with E-state index in [1.165, 1.54) is 12.3 Å². The topological polar surface area (TPSA) is 116 Å². The van der Waals surface area contributed by atoms with Crippen molar-refractivity contribution < 1.29 is 14.3 Å². The molecule has 12 nitrogen and oxygen atoms in total. The molecule has 2 aliphatic heterocycles. The number of methoxy groups -OCH3 is 1. The summed E-state index contributed by atoms with van der Waals surface area (Å²) in [7, 11) is 1.57. The standard InChI is InChI=1S/C27H29N9O3/c1-4-25(37)34-10-9-33(18-23(34)15-29-2)27(38)32-7-5-22(6-8-32)35-17-21(14-30-35)19-11-24(39-3)26-20(12-28)13-31-36(26)16-19/h4,11,13-14,16-17,22-23H,1,5-10,15,18H2,3H3/t23-/m0/s1. The summed E-state index contributed by atoms with van der Waals surface area (Å²) in [5.41, 5.74) is 2.85. The Kier molecular flexibility index (Phi) is 7.19. The number of nitrogens with zero attached hydrogens (tertiary/aromatic N) is 9. The van der Waals surface area contributed by atoms with Gasteiger partial charge < -0.3 is 24.3 Å². The average molecular weight is 528 g/mol. The molecule has 1 atom stereocenters. The maximum absolute atomic E-state index is 13.3. The van der Waals surface area contributed by atoms with E-state index in [1.54, 1.807) is 27.6 Å². The van der Waals surface area contributed by atoms with Gasteiger partial charge in [-0.25, -0.2) is 15.9 Å². The van der Waals surface area contributed by atoms with Crippen LogP contribution in [-0.4, -0.2) is 98.5 Å². The molecule has 0 bridgehead atoms. The molecular formula is C27H29N9O3. The number of pyridine rings is 1. The van der Waals surface area contributed by atoms with Gasteiger partial charge in [0, 0.05) is 49.7 Å². The molecule has 0 radical (unpaired) electrons. The molecule has 0 N–H and O–H groups in total. The Labute approximate surface area is 226 Å². The number of amides is 3. The van der Waals surface area contributed by atoms with Crippen molar-refractivity contribution in [1.29, 1.82) is 5.26 Å². The highest BCUT2D eigenvalue weighted by Crippen LogP contribution is 2.31. The lowest BCUT2D eigenvalue weighted by Gasteiger charge is -2.42. The number of urea groups is 1. The van der Waals surface area contributed by atoms with Gasteiger partial charge in [0.1, 0.15) is 28.9 Å². The molecule has 5 heterocycles. The molecule has 200 valence electrons. The molecule has 39 heavy (non-hydrogen) atoms. The Balaban J connectivity index is 1.23. The molecule has 0 saturated carbocycles. The molecular weight excluding hydrogens is 498 g/mol. The van der Waals surface area contributed by atoms with E-state index in [9.17, 15) is 14.9 Å². The van der Waals surface area contributed by atoms with Gasteiger partial charge in [-0.15, -0.1) is 0 Å². The SMILES string of the molecule is [C-]#[N+]C[C@H]1CN(C(=O)N2CCC(n3cc(-c4cc(OC)c5c(C#N)cnn5c4)cn3)CC2)CCN1C(=O)C=C. The van der Waals surface area contributed by atoms with E-state index < -0.39 is 0 Å². The van der Waals surface area contributed by atoms with Gasteiger partial charge in [-0.2, -0.15) is 15.5 Å². The van der Waals surface area contributed by atoms with Crippen molar-refractivity contribution in [3.05, 3.63) is 60.5 Å². The second kappa shape index (κ2) is 10.9. The highest BCUT2D eigenvalue weighted by molar-refractivity contribution is 5.87. The van der Waals surface area contributed by atoms with Crippen LogP contribution in [0, 0.1) is 17.9 Å². The third kappa shape index (κ3) is 4.89. The van der Waals surface area contributed by atoms with E-state index in [0.29, 0.717) is 49.6 Å². The van der Waals surface area contributed by atoms with Gasteiger partial charge in [0.25, 0.3) is 0 Å². The van der Waals surface area contributed by atoms with Crippen molar-refractivity contribution in [2.45, 2.75) is 24.9 Å². The third-order valence-electron chi connectivity index (χ3n) is 7.47. The molecule has 0 aliphatic carbocycles. The zero-order valence-electron chi connectivity index (χ0n) is 21.7. The lowest BCUT2D eigenvalue weighted by molar-refractivity contribution is -0.130. The van der Waals surface area contributed by atoms with Gasteiger partial charge in [-0.1, -0.05) is 6.58 Å². The van der Waals surface area contributed by atoms with E-state index in [4.69, 9.17) is 11.3 Å². The predicted octanol–water partition coefficient (Wildman–Crippen LogP) is 2.45. The molecule has 5 rings (SSSR count). The van der Waals surface area contributed by atoms with Crippen LogP contribution >= 0.6 is 0 Å². The zero-order valence-corrected chi connectivity index (χ0v) is 21.7. The summed E-state index contributed by atoms with van der Waals surface area (Å²) in [5.74, 6) is 0.361. The van der Waals surface area contributed by atoms with Crippen LogP contribution in [0.5, 0.6) is 5.75 Å². The second-order valence-electron chi connectivity index (χ2n) is 9.65. The monoisotopic (exact) mass is 527 g/mol. The molecule has 3 aromatic rings. The van der Waals surface area contributed by atoms with E-state index in [2.05, 4.69) is 27.7 Å². The minimum atomic E-state index is -0.322. The fourth-order valence-electron chi connectivity index (χ4n) is 5.39. The first-order valence-electron chi connectivity index (χ1n) is 12.8. The summed E-state index contributed by atoms with van der Waals surface area (Å²) in [5, 5.41) is 18.2. The molecule has 2 fully saturated rings. The van der Waals surface area contributed by atoms with E-state index in [0.717, 1.165) is 24.0 Å². The van der Waals surface area contributed by atoms with Crippen molar-refractivity contribution in [2.24, 2.45) is 0 Å². The van der Waals surface area contributed by atoms with Gasteiger partial charge in [0.2, 0.25) is 12.5 Å². The smallest absolute Gasteiger partial charge is 0.320 e. The van der Waals surface area contributed by atoms with Gasteiger partial charge in [-0.05, 0) is 25.0 Å². The number of aromatic nitrogens is 4. The quantitative estimate of drug-likeness (QED) is 0.372. The molecule has 12 heteroatoms. The fourth-order valence-corrected chi connectivity index (χ4v) is 5.39. The van der Waals surface area contributed by atoms with Crippen LogP contribution in [0.3, 0.4) is 0 Å². The zero-order chi connectivity index (χ0) is 27.5. The number of hydrogen-bond acceptors (Lipinski definition) is 6. The number of rotatable bonds is 5. The molecule has 0 spiro atoms. The van der Waals surface area contributed by atoms with Crippen molar-refractivity contribution in [3.8, 4) is 22.9 Å². The molecule has 3 amide bonds. The van der Waals surface area contributed by atoms with Crippen LogP contribution in [0.2, 0.25) is 0 Å². The van der Waals surface area contributed by atoms with E-state index in [-0.39, 0.29) is 30.6 Å². The maximum atomic E-state index is 13.3. The predicted molar refractivity (Wildman–Crippen MR) is 142 cm³/mol. The van der Waals surface area contributed by atoms with Crippen LogP contribution in [0.4, 0.5) is 4.79 Å². The summed E-state index contributed by atoms with van der Waals surface area (Å²) in [4.78, 5) is 34.1. The number of likely N-dealkylation sites (tertiary alicyclic amines) is 1. The number of hydrogen-bond donors (Lipinski definition) is 0. The first-order chi connectivity index (χ1) is 19.0. The Hall–Kier alpha value is -4.84. The summed E-state index contributed by atoms with van der Waals surface area (Å²) >= 11 is 0. The first kappa shape index (κ1) is 25.8. The largest absolute Gasteiger partial charge is 0.494 e. The van der Waals surface area contributed by atoms with Gasteiger partial charge >= 0.3 is 6.03 Å². The van der Waals surface area contributed by atoms with E-state index >= 15 is 0 Å². The lowest BCUT2D eigenvalue weighted by Crippen LogP contribution is -2.59. The van der Waals surface area contributed by atoms with Crippen LogP contribution in [-0.2, 0) is 4.79 Å². The number of ether oxygens (including phenoxy) is 1. The lowest BCUT2D eigenvalue weighted by atomic mass is 10.1. The van der Waals surface area contributed by atoms with Gasteiger partial charge in [0.05, 0.1) is 32.1 Å². The second-order valence-corrected chi connectivity index (χ2v) is 9.65. The number of nitriles is 1. The number of piperidine rings is 1. The number of fused-ring (bicyclic) bond motifs is 1.